The van der Waals surface area contributed by atoms with Gasteiger partial charge in [0.1, 0.15) is 0 Å². The van der Waals surface area contributed by atoms with E-state index >= 15 is 0 Å². The van der Waals surface area contributed by atoms with Crippen LogP contribution in [0.4, 0.5) is 0 Å². The molecule has 16 heavy (non-hydrogen) atoms. The molecule has 0 heterocycles. The maximum Gasteiger partial charge on any atom is 0.0922 e. The summed E-state index contributed by atoms with van der Waals surface area (Å²) in [6.07, 6.45) is 1.03. The van der Waals surface area contributed by atoms with Crippen LogP contribution in [0.5, 0.6) is 0 Å². The Morgan fingerprint density at radius 1 is 1.31 bits per heavy atom. The van der Waals surface area contributed by atoms with Crippen molar-refractivity contribution in [3.05, 3.63) is 34.3 Å². The van der Waals surface area contributed by atoms with Gasteiger partial charge in [0.05, 0.1) is 6.10 Å². The normalized spacial score (nSPS) is 12.7. The Labute approximate surface area is 114 Å². The van der Waals surface area contributed by atoms with E-state index in [1.54, 1.807) is 7.11 Å². The molecule has 2 nitrogen and oxygen atoms in total. The molecule has 0 radical (unpaired) electrons. The van der Waals surface area contributed by atoms with Gasteiger partial charge in [0.15, 0.2) is 0 Å². The van der Waals surface area contributed by atoms with Gasteiger partial charge in [-0.25, -0.2) is 0 Å². The fourth-order valence-corrected chi connectivity index (χ4v) is 2.34. The number of rotatable bonds is 7. The molecule has 1 aromatic rings. The van der Waals surface area contributed by atoms with Crippen LogP contribution >= 0.6 is 31.9 Å². The first kappa shape index (κ1) is 14.2. The van der Waals surface area contributed by atoms with E-state index in [2.05, 4.69) is 44.0 Å². The Morgan fingerprint density at radius 2 is 2.12 bits per heavy atom. The minimum absolute atomic E-state index is 0.106. The lowest BCUT2D eigenvalue weighted by Gasteiger charge is -2.16. The highest BCUT2D eigenvalue weighted by Crippen LogP contribution is 2.23. The SMILES string of the molecule is COCCCOC(CBr)c1cccc(Br)c1. The number of methoxy groups -OCH3 is 1. The fraction of sp³-hybridized carbons (Fsp3) is 0.500. The molecule has 1 rings (SSSR count). The molecule has 0 aromatic heterocycles. The Kier molecular flexibility index (Phi) is 7.28. The monoisotopic (exact) mass is 350 g/mol. The molecule has 0 aliphatic heterocycles. The van der Waals surface area contributed by atoms with Crippen molar-refractivity contribution >= 4 is 31.9 Å². The Hall–Kier alpha value is 0.1000. The van der Waals surface area contributed by atoms with Gasteiger partial charge in [-0.3, -0.25) is 0 Å². The van der Waals surface area contributed by atoms with E-state index in [9.17, 15) is 0 Å². The molecule has 0 amide bonds. The second kappa shape index (κ2) is 8.23. The number of alkyl halides is 1. The summed E-state index contributed by atoms with van der Waals surface area (Å²) >= 11 is 6.94. The highest BCUT2D eigenvalue weighted by Gasteiger charge is 2.10. The molecule has 0 N–H and O–H groups in total. The van der Waals surface area contributed by atoms with Gasteiger partial charge in [0.25, 0.3) is 0 Å². The van der Waals surface area contributed by atoms with Crippen LogP contribution < -0.4 is 0 Å². The molecule has 0 bridgehead atoms. The molecular weight excluding hydrogens is 336 g/mol. The van der Waals surface area contributed by atoms with Crippen LogP contribution in [0.3, 0.4) is 0 Å². The van der Waals surface area contributed by atoms with Crippen molar-refractivity contribution in [3.8, 4) is 0 Å². The highest BCUT2D eigenvalue weighted by molar-refractivity contribution is 9.10. The lowest BCUT2D eigenvalue weighted by molar-refractivity contribution is 0.0532. The van der Waals surface area contributed by atoms with Crippen molar-refractivity contribution in [2.45, 2.75) is 12.5 Å². The van der Waals surface area contributed by atoms with Gasteiger partial charge in [-0.1, -0.05) is 44.0 Å². The smallest absolute Gasteiger partial charge is 0.0922 e. The lowest BCUT2D eigenvalue weighted by atomic mass is 10.1. The average Bonchev–Trinajstić information content (AvgIpc) is 2.29. The number of ether oxygens (including phenoxy) is 2. The summed E-state index contributed by atoms with van der Waals surface area (Å²) in [5.74, 6) is 0. The molecule has 0 fully saturated rings. The van der Waals surface area contributed by atoms with Gasteiger partial charge >= 0.3 is 0 Å². The van der Waals surface area contributed by atoms with Crippen molar-refractivity contribution < 1.29 is 9.47 Å². The predicted octanol–water partition coefficient (Wildman–Crippen LogP) is 3.94. The maximum atomic E-state index is 5.79. The zero-order valence-corrected chi connectivity index (χ0v) is 12.5. The summed E-state index contributed by atoms with van der Waals surface area (Å²) in [6.45, 7) is 1.46. The van der Waals surface area contributed by atoms with Gasteiger partial charge < -0.3 is 9.47 Å². The first-order chi connectivity index (χ1) is 7.77. The van der Waals surface area contributed by atoms with E-state index in [4.69, 9.17) is 9.47 Å². The Morgan fingerprint density at radius 3 is 2.75 bits per heavy atom. The molecule has 0 saturated heterocycles. The maximum absolute atomic E-state index is 5.79. The number of hydrogen-bond acceptors (Lipinski definition) is 2. The largest absolute Gasteiger partial charge is 0.385 e. The minimum Gasteiger partial charge on any atom is -0.385 e. The van der Waals surface area contributed by atoms with Gasteiger partial charge in [-0.2, -0.15) is 0 Å². The van der Waals surface area contributed by atoms with E-state index in [0.717, 1.165) is 29.4 Å². The zero-order valence-electron chi connectivity index (χ0n) is 9.29. The lowest BCUT2D eigenvalue weighted by Crippen LogP contribution is -2.08. The van der Waals surface area contributed by atoms with Gasteiger partial charge in [-0.05, 0) is 24.1 Å². The van der Waals surface area contributed by atoms with Crippen LogP contribution in [0.2, 0.25) is 0 Å². The third-order valence-electron chi connectivity index (χ3n) is 2.17. The predicted molar refractivity (Wildman–Crippen MR) is 73.1 cm³/mol. The van der Waals surface area contributed by atoms with Crippen LogP contribution in [0, 0.1) is 0 Å². The Balaban J connectivity index is 2.47. The number of hydrogen-bond donors (Lipinski definition) is 0. The van der Waals surface area contributed by atoms with Crippen molar-refractivity contribution in [1.82, 2.24) is 0 Å². The van der Waals surface area contributed by atoms with Crippen molar-refractivity contribution in [2.75, 3.05) is 25.7 Å². The van der Waals surface area contributed by atoms with Crippen molar-refractivity contribution in [1.29, 1.82) is 0 Å². The topological polar surface area (TPSA) is 18.5 Å². The molecular formula is C12H16Br2O2. The second-order valence-corrected chi connectivity index (χ2v) is 4.98. The third kappa shape index (κ3) is 4.95. The molecule has 1 aromatic carbocycles. The highest BCUT2D eigenvalue weighted by atomic mass is 79.9. The second-order valence-electron chi connectivity index (χ2n) is 3.42. The van der Waals surface area contributed by atoms with Crippen LogP contribution in [0.25, 0.3) is 0 Å². The van der Waals surface area contributed by atoms with E-state index in [-0.39, 0.29) is 6.10 Å². The van der Waals surface area contributed by atoms with E-state index in [1.807, 2.05) is 12.1 Å². The molecule has 0 aliphatic rings. The van der Waals surface area contributed by atoms with Crippen molar-refractivity contribution in [2.24, 2.45) is 0 Å². The first-order valence-electron chi connectivity index (χ1n) is 5.20. The standard InChI is InChI=1S/C12H16Br2O2/c1-15-6-3-7-16-12(9-13)10-4-2-5-11(14)8-10/h2,4-5,8,12H,3,6-7,9H2,1H3. The molecule has 0 aliphatic carbocycles. The molecule has 0 spiro atoms. The summed E-state index contributed by atoms with van der Waals surface area (Å²) in [7, 11) is 1.70. The summed E-state index contributed by atoms with van der Waals surface area (Å²) in [4.78, 5) is 0. The summed E-state index contributed by atoms with van der Waals surface area (Å²) in [5, 5.41) is 0.802. The summed E-state index contributed by atoms with van der Waals surface area (Å²) in [6, 6.07) is 8.20. The molecule has 90 valence electrons. The van der Waals surface area contributed by atoms with Crippen LogP contribution in [-0.4, -0.2) is 25.7 Å². The zero-order chi connectivity index (χ0) is 11.8. The molecule has 0 saturated carbocycles. The quantitative estimate of drug-likeness (QED) is 0.547. The van der Waals surface area contributed by atoms with E-state index in [1.165, 1.54) is 5.56 Å². The summed E-state index contributed by atoms with van der Waals surface area (Å²) < 4.78 is 11.8. The number of benzene rings is 1. The van der Waals surface area contributed by atoms with Gasteiger partial charge in [-0.15, -0.1) is 0 Å². The molecule has 4 heteroatoms. The fourth-order valence-electron chi connectivity index (χ4n) is 1.37. The van der Waals surface area contributed by atoms with Gasteiger partial charge in [0.2, 0.25) is 0 Å². The van der Waals surface area contributed by atoms with E-state index in [0.29, 0.717) is 0 Å². The van der Waals surface area contributed by atoms with Crippen molar-refractivity contribution in [3.63, 3.8) is 0 Å². The molecule has 1 unspecified atom stereocenters. The van der Waals surface area contributed by atoms with Crippen LogP contribution in [0.15, 0.2) is 28.7 Å². The average molecular weight is 352 g/mol. The van der Waals surface area contributed by atoms with Crippen LogP contribution in [-0.2, 0) is 9.47 Å². The van der Waals surface area contributed by atoms with Gasteiger partial charge in [0, 0.05) is 30.1 Å². The molecule has 1 atom stereocenters. The minimum atomic E-state index is 0.106. The van der Waals surface area contributed by atoms with E-state index < -0.39 is 0 Å². The Bertz CT molecular complexity index is 305. The third-order valence-corrected chi connectivity index (χ3v) is 3.25. The summed E-state index contributed by atoms with van der Waals surface area (Å²) in [5.41, 5.74) is 1.18. The van der Waals surface area contributed by atoms with Crippen LogP contribution in [0.1, 0.15) is 18.1 Å². The first-order valence-corrected chi connectivity index (χ1v) is 7.11. The number of halogens is 2.